The number of hydrogen-bond donors (Lipinski definition) is 0. The van der Waals surface area contributed by atoms with E-state index in [4.69, 9.17) is 4.98 Å². The molecule has 20 heavy (non-hydrogen) atoms. The van der Waals surface area contributed by atoms with Crippen molar-refractivity contribution in [3.05, 3.63) is 40.2 Å². The van der Waals surface area contributed by atoms with Gasteiger partial charge < -0.3 is 4.57 Å². The normalized spacial score (nSPS) is 11.1. The predicted molar refractivity (Wildman–Crippen MR) is 86.3 cm³/mol. The highest BCUT2D eigenvalue weighted by molar-refractivity contribution is 5.66. The Kier molecular flexibility index (Phi) is 4.32. The molecule has 2 nitrogen and oxygen atoms in total. The topological polar surface area (TPSA) is 17.8 Å². The summed E-state index contributed by atoms with van der Waals surface area (Å²) in [6.07, 6.45) is 2.41. The molecule has 0 aliphatic carbocycles. The molecule has 0 amide bonds. The van der Waals surface area contributed by atoms with Crippen LogP contribution in [-0.2, 0) is 6.54 Å². The van der Waals surface area contributed by atoms with Gasteiger partial charge in [-0.2, -0.15) is 0 Å². The Morgan fingerprint density at radius 3 is 2.15 bits per heavy atom. The Bertz CT molecular complexity index is 598. The molecular weight excluding hydrogens is 244 g/mol. The first-order chi connectivity index (χ1) is 9.45. The number of aromatic nitrogens is 2. The fourth-order valence-electron chi connectivity index (χ4n) is 2.97. The van der Waals surface area contributed by atoms with Crippen LogP contribution in [0.5, 0.6) is 0 Å². The molecule has 1 aromatic carbocycles. The zero-order valence-corrected chi connectivity index (χ0v) is 13.7. The van der Waals surface area contributed by atoms with Crippen LogP contribution in [0.15, 0.2) is 12.1 Å². The van der Waals surface area contributed by atoms with Crippen LogP contribution < -0.4 is 0 Å². The Labute approximate surface area is 122 Å². The molecule has 108 valence electrons. The van der Waals surface area contributed by atoms with Gasteiger partial charge in [-0.1, -0.05) is 31.0 Å². The van der Waals surface area contributed by atoms with E-state index in [-0.39, 0.29) is 0 Å². The Morgan fingerprint density at radius 2 is 1.60 bits per heavy atom. The van der Waals surface area contributed by atoms with E-state index < -0.39 is 0 Å². The molecule has 1 heterocycles. The fraction of sp³-hybridized carbons (Fsp3) is 0.500. The van der Waals surface area contributed by atoms with Gasteiger partial charge >= 0.3 is 0 Å². The Balaban J connectivity index is 2.61. The second-order valence-electron chi connectivity index (χ2n) is 5.89. The highest BCUT2D eigenvalue weighted by atomic mass is 15.1. The van der Waals surface area contributed by atoms with Gasteiger partial charge in [0.1, 0.15) is 5.82 Å². The third-order valence-corrected chi connectivity index (χ3v) is 4.09. The lowest BCUT2D eigenvalue weighted by atomic mass is 9.99. The summed E-state index contributed by atoms with van der Waals surface area (Å²) in [7, 11) is 0. The number of aryl methyl sites for hydroxylation is 4. The van der Waals surface area contributed by atoms with Crippen molar-refractivity contribution in [1.29, 1.82) is 0 Å². The SMILES string of the molecule is CCCCn1c(-c2c(C)cc(C)cc2C)nc(C)c1C. The fourth-order valence-corrected chi connectivity index (χ4v) is 2.97. The minimum Gasteiger partial charge on any atom is -0.328 e. The van der Waals surface area contributed by atoms with Crippen molar-refractivity contribution in [2.24, 2.45) is 0 Å². The van der Waals surface area contributed by atoms with Gasteiger partial charge in [0, 0.05) is 17.8 Å². The lowest BCUT2D eigenvalue weighted by Crippen LogP contribution is -2.04. The van der Waals surface area contributed by atoms with Crippen LogP contribution in [0.3, 0.4) is 0 Å². The van der Waals surface area contributed by atoms with E-state index in [1.165, 1.54) is 40.8 Å². The molecule has 0 spiro atoms. The molecule has 1 aromatic heterocycles. The van der Waals surface area contributed by atoms with Crippen LogP contribution >= 0.6 is 0 Å². The molecule has 0 aliphatic heterocycles. The van der Waals surface area contributed by atoms with Gasteiger partial charge in [0.05, 0.1) is 5.69 Å². The zero-order valence-electron chi connectivity index (χ0n) is 13.7. The van der Waals surface area contributed by atoms with E-state index in [0.29, 0.717) is 0 Å². The molecule has 2 heteroatoms. The van der Waals surface area contributed by atoms with Crippen molar-refractivity contribution in [3.63, 3.8) is 0 Å². The highest BCUT2D eigenvalue weighted by Crippen LogP contribution is 2.29. The summed E-state index contributed by atoms with van der Waals surface area (Å²) >= 11 is 0. The second kappa shape index (κ2) is 5.82. The lowest BCUT2D eigenvalue weighted by molar-refractivity contribution is 0.623. The van der Waals surface area contributed by atoms with E-state index in [0.717, 1.165) is 18.1 Å². The molecule has 0 saturated heterocycles. The molecule has 0 bridgehead atoms. The second-order valence-corrected chi connectivity index (χ2v) is 5.89. The van der Waals surface area contributed by atoms with E-state index >= 15 is 0 Å². The average molecular weight is 270 g/mol. The summed E-state index contributed by atoms with van der Waals surface area (Å²) in [5.41, 5.74) is 7.73. The zero-order chi connectivity index (χ0) is 14.9. The Morgan fingerprint density at radius 1 is 1.00 bits per heavy atom. The van der Waals surface area contributed by atoms with Crippen molar-refractivity contribution in [3.8, 4) is 11.4 Å². The predicted octanol–water partition coefficient (Wildman–Crippen LogP) is 4.89. The third-order valence-electron chi connectivity index (χ3n) is 4.09. The first kappa shape index (κ1) is 14.8. The van der Waals surface area contributed by atoms with Gasteiger partial charge in [0.2, 0.25) is 0 Å². The largest absolute Gasteiger partial charge is 0.328 e. The minimum absolute atomic E-state index is 1.06. The van der Waals surface area contributed by atoms with Gasteiger partial charge in [-0.3, -0.25) is 0 Å². The average Bonchev–Trinajstić information content (AvgIpc) is 2.62. The lowest BCUT2D eigenvalue weighted by Gasteiger charge is -2.14. The van der Waals surface area contributed by atoms with Crippen molar-refractivity contribution in [1.82, 2.24) is 9.55 Å². The molecule has 2 rings (SSSR count). The van der Waals surface area contributed by atoms with E-state index in [2.05, 4.69) is 58.2 Å². The van der Waals surface area contributed by atoms with Crippen LogP contribution in [0.25, 0.3) is 11.4 Å². The quantitative estimate of drug-likeness (QED) is 0.773. The number of hydrogen-bond acceptors (Lipinski definition) is 1. The summed E-state index contributed by atoms with van der Waals surface area (Å²) in [5.74, 6) is 1.14. The van der Waals surface area contributed by atoms with Crippen LogP contribution in [0.1, 0.15) is 47.8 Å². The van der Waals surface area contributed by atoms with Crippen LogP contribution in [0.2, 0.25) is 0 Å². The third kappa shape index (κ3) is 2.65. The monoisotopic (exact) mass is 270 g/mol. The maximum absolute atomic E-state index is 4.85. The standard InChI is InChI=1S/C18H26N2/c1-7-8-9-20-16(6)15(5)19-18(20)17-13(3)10-12(2)11-14(17)4/h10-11H,7-9H2,1-6H3. The maximum Gasteiger partial charge on any atom is 0.140 e. The van der Waals surface area contributed by atoms with E-state index in [1.54, 1.807) is 0 Å². The number of nitrogens with zero attached hydrogens (tertiary/aromatic N) is 2. The maximum atomic E-state index is 4.85. The first-order valence-electron chi connectivity index (χ1n) is 7.57. The van der Waals surface area contributed by atoms with Crippen LogP contribution in [0, 0.1) is 34.6 Å². The van der Waals surface area contributed by atoms with Crippen LogP contribution in [-0.4, -0.2) is 9.55 Å². The molecule has 0 fully saturated rings. The minimum atomic E-state index is 1.06. The summed E-state index contributed by atoms with van der Waals surface area (Å²) in [6.45, 7) is 14.1. The van der Waals surface area contributed by atoms with Crippen molar-refractivity contribution < 1.29 is 0 Å². The van der Waals surface area contributed by atoms with Gasteiger partial charge in [0.25, 0.3) is 0 Å². The summed E-state index contributed by atoms with van der Waals surface area (Å²) in [6, 6.07) is 4.51. The summed E-state index contributed by atoms with van der Waals surface area (Å²) < 4.78 is 2.39. The first-order valence-corrected chi connectivity index (χ1v) is 7.57. The van der Waals surface area contributed by atoms with Crippen LogP contribution in [0.4, 0.5) is 0 Å². The molecule has 0 saturated carbocycles. The summed E-state index contributed by atoms with van der Waals surface area (Å²) in [4.78, 5) is 4.85. The van der Waals surface area contributed by atoms with E-state index in [9.17, 15) is 0 Å². The molecule has 2 aromatic rings. The molecular formula is C18H26N2. The Hall–Kier alpha value is -1.57. The number of benzene rings is 1. The molecule has 0 aliphatic rings. The van der Waals surface area contributed by atoms with E-state index in [1.807, 2.05) is 0 Å². The summed E-state index contributed by atoms with van der Waals surface area (Å²) in [5, 5.41) is 0. The highest BCUT2D eigenvalue weighted by Gasteiger charge is 2.16. The van der Waals surface area contributed by atoms with Gasteiger partial charge in [-0.25, -0.2) is 4.98 Å². The van der Waals surface area contributed by atoms with Gasteiger partial charge in [-0.05, 0) is 52.2 Å². The molecule has 0 radical (unpaired) electrons. The molecule has 0 N–H and O–H groups in total. The smallest absolute Gasteiger partial charge is 0.140 e. The van der Waals surface area contributed by atoms with Crippen molar-refractivity contribution in [2.75, 3.05) is 0 Å². The van der Waals surface area contributed by atoms with Crippen molar-refractivity contribution in [2.45, 2.75) is 60.9 Å². The number of rotatable bonds is 4. The number of unbranched alkanes of at least 4 members (excludes halogenated alkanes) is 1. The number of imidazole rings is 1. The molecule has 0 unspecified atom stereocenters. The van der Waals surface area contributed by atoms with Gasteiger partial charge in [0.15, 0.2) is 0 Å². The van der Waals surface area contributed by atoms with Gasteiger partial charge in [-0.15, -0.1) is 0 Å². The van der Waals surface area contributed by atoms with Crippen molar-refractivity contribution >= 4 is 0 Å². The molecule has 0 atom stereocenters.